The molecule has 0 saturated heterocycles. The quantitative estimate of drug-likeness (QED) is 0.426. The molecule has 0 aliphatic heterocycles. The molecule has 172 valence electrons. The van der Waals surface area contributed by atoms with Crippen molar-refractivity contribution < 1.29 is 10.2 Å². The van der Waals surface area contributed by atoms with Crippen LogP contribution < -0.4 is 0 Å². The van der Waals surface area contributed by atoms with E-state index < -0.39 is 0 Å². The summed E-state index contributed by atoms with van der Waals surface area (Å²) in [5.74, 6) is 1.27. The lowest BCUT2D eigenvalue weighted by atomic mass is 9.76. The Morgan fingerprint density at radius 3 is 1.55 bits per heavy atom. The van der Waals surface area contributed by atoms with Crippen LogP contribution in [0.15, 0.2) is 24.3 Å². The molecule has 0 saturated carbocycles. The molecule has 2 rings (SSSR count). The van der Waals surface area contributed by atoms with Gasteiger partial charge in [0, 0.05) is 17.0 Å². The molecule has 31 heavy (non-hydrogen) atoms. The zero-order valence-corrected chi connectivity index (χ0v) is 21.1. The molecule has 2 aromatic rings. The van der Waals surface area contributed by atoms with E-state index in [1.54, 1.807) is 0 Å². The van der Waals surface area contributed by atoms with Crippen LogP contribution >= 0.6 is 0 Å². The van der Waals surface area contributed by atoms with E-state index in [1.165, 1.54) is 11.1 Å². The number of aromatic hydroxyl groups is 2. The van der Waals surface area contributed by atoms with E-state index in [1.807, 2.05) is 0 Å². The number of aryl methyl sites for hydroxylation is 4. The van der Waals surface area contributed by atoms with Gasteiger partial charge in [-0.25, -0.2) is 0 Å². The second-order valence-corrected chi connectivity index (χ2v) is 10.9. The summed E-state index contributed by atoms with van der Waals surface area (Å²) < 4.78 is 0. The molecular weight excluding hydrogens is 380 g/mol. The number of phenols is 2. The van der Waals surface area contributed by atoms with E-state index in [9.17, 15) is 10.2 Å². The molecule has 0 aromatic heterocycles. The number of hydrogen-bond acceptors (Lipinski definition) is 2. The number of benzene rings is 2. The molecule has 1 unspecified atom stereocenters. The molecule has 2 aromatic carbocycles. The summed E-state index contributed by atoms with van der Waals surface area (Å²) in [6.07, 6.45) is 5.74. The molecule has 0 aliphatic carbocycles. The van der Waals surface area contributed by atoms with Crippen LogP contribution in [0.1, 0.15) is 107 Å². The Morgan fingerprint density at radius 2 is 1.19 bits per heavy atom. The Kier molecular flexibility index (Phi) is 8.63. The fraction of sp³-hybridized carbons (Fsp3) is 0.586. The first-order valence-electron chi connectivity index (χ1n) is 12.1. The number of phenolic OH excluding ortho intramolecular Hbond substituents is 2. The topological polar surface area (TPSA) is 40.5 Å². The van der Waals surface area contributed by atoms with Gasteiger partial charge >= 0.3 is 0 Å². The molecule has 0 bridgehead atoms. The highest BCUT2D eigenvalue weighted by molar-refractivity contribution is 5.54. The fourth-order valence-corrected chi connectivity index (χ4v) is 5.17. The van der Waals surface area contributed by atoms with Crippen molar-refractivity contribution in [2.75, 3.05) is 0 Å². The molecule has 2 heteroatoms. The van der Waals surface area contributed by atoms with E-state index >= 15 is 0 Å². The van der Waals surface area contributed by atoms with Gasteiger partial charge in [0.25, 0.3) is 0 Å². The van der Waals surface area contributed by atoms with E-state index in [0.29, 0.717) is 17.4 Å². The van der Waals surface area contributed by atoms with Crippen LogP contribution in [0.2, 0.25) is 0 Å². The van der Waals surface area contributed by atoms with Crippen LogP contribution in [-0.4, -0.2) is 10.2 Å². The van der Waals surface area contributed by atoms with Crippen molar-refractivity contribution in [3.8, 4) is 11.5 Å². The van der Waals surface area contributed by atoms with Gasteiger partial charge in [-0.2, -0.15) is 0 Å². The van der Waals surface area contributed by atoms with Gasteiger partial charge in [0.2, 0.25) is 0 Å². The highest BCUT2D eigenvalue weighted by atomic mass is 16.3. The van der Waals surface area contributed by atoms with E-state index in [2.05, 4.69) is 79.7 Å². The van der Waals surface area contributed by atoms with Gasteiger partial charge in [0.1, 0.15) is 11.5 Å². The molecule has 0 spiro atoms. The predicted octanol–water partition coefficient (Wildman–Crippen LogP) is 8.21. The first-order valence-corrected chi connectivity index (χ1v) is 12.1. The van der Waals surface area contributed by atoms with Gasteiger partial charge in [-0.15, -0.1) is 0 Å². The minimum absolute atomic E-state index is 0.0247. The predicted molar refractivity (Wildman–Crippen MR) is 133 cm³/mol. The molecule has 0 amide bonds. The Bertz CT molecular complexity index is 812. The minimum atomic E-state index is -0.0247. The molecule has 0 fully saturated rings. The normalized spacial score (nSPS) is 13.1. The van der Waals surface area contributed by atoms with Crippen molar-refractivity contribution in [2.24, 2.45) is 11.3 Å². The second-order valence-electron chi connectivity index (χ2n) is 10.9. The molecule has 1 atom stereocenters. The van der Waals surface area contributed by atoms with Crippen LogP contribution in [0.4, 0.5) is 0 Å². The lowest BCUT2D eigenvalue weighted by Crippen LogP contribution is -2.15. The fourth-order valence-electron chi connectivity index (χ4n) is 5.17. The maximum atomic E-state index is 11.3. The average Bonchev–Trinajstić information content (AvgIpc) is 2.64. The van der Waals surface area contributed by atoms with E-state index in [-0.39, 0.29) is 11.3 Å². The molecule has 2 N–H and O–H groups in total. The lowest BCUT2D eigenvalue weighted by molar-refractivity contribution is 0.289. The van der Waals surface area contributed by atoms with Crippen molar-refractivity contribution >= 4 is 0 Å². The number of rotatable bonds is 9. The van der Waals surface area contributed by atoms with Crippen LogP contribution in [0.25, 0.3) is 0 Å². The SMILES string of the molecule is CCCc1cc(C)cc(C(CC(C)CC(C)(C)C)c2cc(C)cc(CCC)c2O)c1O. The summed E-state index contributed by atoms with van der Waals surface area (Å²) in [5, 5.41) is 22.5. The van der Waals surface area contributed by atoms with Gasteiger partial charge in [-0.3, -0.25) is 0 Å². The van der Waals surface area contributed by atoms with Gasteiger partial charge in [0.15, 0.2) is 0 Å². The zero-order chi connectivity index (χ0) is 23.3. The monoisotopic (exact) mass is 424 g/mol. The van der Waals surface area contributed by atoms with Crippen LogP contribution in [0.5, 0.6) is 11.5 Å². The summed E-state index contributed by atoms with van der Waals surface area (Å²) in [6, 6.07) is 8.47. The molecular formula is C29H44O2. The standard InChI is InChI=1S/C29H44O2/c1-9-11-22-13-19(3)15-25(27(22)30)24(17-21(5)18-29(6,7)8)26-16-20(4)14-23(12-10-2)28(26)31/h13-16,21,24,30-31H,9-12,17-18H2,1-8H3. The van der Waals surface area contributed by atoms with Crippen LogP contribution in [0.3, 0.4) is 0 Å². The van der Waals surface area contributed by atoms with Crippen molar-refractivity contribution in [1.82, 2.24) is 0 Å². The zero-order valence-electron chi connectivity index (χ0n) is 21.1. The Morgan fingerprint density at radius 1 is 0.774 bits per heavy atom. The molecule has 0 heterocycles. The smallest absolute Gasteiger partial charge is 0.122 e. The Hall–Kier alpha value is -1.96. The summed E-state index contributed by atoms with van der Waals surface area (Å²) in [6.45, 7) is 17.7. The second kappa shape index (κ2) is 10.6. The number of hydrogen-bond donors (Lipinski definition) is 2. The van der Waals surface area contributed by atoms with Crippen molar-refractivity contribution in [3.05, 3.63) is 57.6 Å². The third-order valence-electron chi connectivity index (χ3n) is 6.11. The molecule has 0 radical (unpaired) electrons. The summed E-state index contributed by atoms with van der Waals surface area (Å²) in [4.78, 5) is 0. The van der Waals surface area contributed by atoms with Crippen molar-refractivity contribution in [3.63, 3.8) is 0 Å². The Labute approximate surface area is 190 Å². The third kappa shape index (κ3) is 6.76. The summed E-state index contributed by atoms with van der Waals surface area (Å²) >= 11 is 0. The van der Waals surface area contributed by atoms with Gasteiger partial charge in [-0.05, 0) is 62.0 Å². The highest BCUT2D eigenvalue weighted by Crippen LogP contribution is 2.44. The molecule has 2 nitrogen and oxygen atoms in total. The first-order chi connectivity index (χ1) is 14.5. The van der Waals surface area contributed by atoms with E-state index in [0.717, 1.165) is 60.8 Å². The average molecular weight is 425 g/mol. The maximum Gasteiger partial charge on any atom is 0.122 e. The maximum absolute atomic E-state index is 11.3. The van der Waals surface area contributed by atoms with Crippen molar-refractivity contribution in [2.45, 2.75) is 99.8 Å². The van der Waals surface area contributed by atoms with Crippen LogP contribution in [-0.2, 0) is 12.8 Å². The largest absolute Gasteiger partial charge is 0.507 e. The van der Waals surface area contributed by atoms with Crippen LogP contribution in [0, 0.1) is 25.2 Å². The third-order valence-corrected chi connectivity index (χ3v) is 6.11. The van der Waals surface area contributed by atoms with E-state index in [4.69, 9.17) is 0 Å². The van der Waals surface area contributed by atoms with Gasteiger partial charge in [-0.1, -0.05) is 89.8 Å². The van der Waals surface area contributed by atoms with Gasteiger partial charge < -0.3 is 10.2 Å². The Balaban J connectivity index is 2.66. The minimum Gasteiger partial charge on any atom is -0.507 e. The summed E-state index contributed by atoms with van der Waals surface area (Å²) in [7, 11) is 0. The highest BCUT2D eigenvalue weighted by Gasteiger charge is 2.27. The van der Waals surface area contributed by atoms with Crippen molar-refractivity contribution in [1.29, 1.82) is 0 Å². The first kappa shape index (κ1) is 25.3. The lowest BCUT2D eigenvalue weighted by Gasteiger charge is -2.29. The summed E-state index contributed by atoms with van der Waals surface area (Å²) in [5.41, 5.74) is 6.56. The molecule has 0 aliphatic rings. The van der Waals surface area contributed by atoms with Gasteiger partial charge in [0.05, 0.1) is 0 Å².